The van der Waals surface area contributed by atoms with E-state index in [1.165, 1.54) is 0 Å². The van der Waals surface area contributed by atoms with Crippen molar-refractivity contribution in [1.29, 1.82) is 0 Å². The molecule has 1 aromatic rings. The Labute approximate surface area is 54.7 Å². The van der Waals surface area contributed by atoms with Crippen molar-refractivity contribution in [3.8, 4) is 5.88 Å². The molecule has 48 valence electrons. The van der Waals surface area contributed by atoms with Crippen molar-refractivity contribution in [3.63, 3.8) is 0 Å². The maximum Gasteiger partial charge on any atom is 0.256 e. The van der Waals surface area contributed by atoms with E-state index < -0.39 is 0 Å². The van der Waals surface area contributed by atoms with Crippen molar-refractivity contribution in [2.24, 2.45) is 7.05 Å². The number of ether oxygens (including phenoxy) is 1. The first-order valence-electron chi connectivity index (χ1n) is 2.75. The summed E-state index contributed by atoms with van der Waals surface area (Å²) in [5.41, 5.74) is 0. The number of nitrogens with zero attached hydrogens (tertiary/aromatic N) is 1. The van der Waals surface area contributed by atoms with Gasteiger partial charge in [0.15, 0.2) is 0 Å². The van der Waals surface area contributed by atoms with Gasteiger partial charge in [-0.1, -0.05) is 6.07 Å². The quantitative estimate of drug-likeness (QED) is 0.387. The zero-order valence-corrected chi connectivity index (χ0v) is 5.59. The zero-order chi connectivity index (χ0) is 6.69. The van der Waals surface area contributed by atoms with Crippen LogP contribution in [0.3, 0.4) is 0 Å². The van der Waals surface area contributed by atoms with Gasteiger partial charge in [-0.15, -0.1) is 6.07 Å². The number of hydrogen-bond acceptors (Lipinski definition) is 1. The minimum absolute atomic E-state index is 0.817. The molecule has 1 heterocycles. The number of rotatable bonds is 1. The molecule has 0 unspecified atom stereocenters. The monoisotopic (exact) mass is 123 g/mol. The Hall–Kier alpha value is -1.05. The summed E-state index contributed by atoms with van der Waals surface area (Å²) < 4.78 is 6.77. The number of aryl methyl sites for hydroxylation is 1. The van der Waals surface area contributed by atoms with Gasteiger partial charge in [0.25, 0.3) is 5.88 Å². The van der Waals surface area contributed by atoms with E-state index in [1.807, 2.05) is 25.2 Å². The van der Waals surface area contributed by atoms with Crippen LogP contribution in [-0.4, -0.2) is 7.11 Å². The molecule has 1 rings (SSSR count). The highest BCUT2D eigenvalue weighted by molar-refractivity contribution is 5.01. The lowest BCUT2D eigenvalue weighted by Gasteiger charge is -2.02. The largest absolute Gasteiger partial charge is 0.505 e. The average molecular weight is 123 g/mol. The van der Waals surface area contributed by atoms with Crippen molar-refractivity contribution in [2.45, 2.75) is 0 Å². The standard InChI is InChI=1S/C7H9NO/c1-8-6-4-3-5-7(8)9-2/h3-5H,1-2H3. The van der Waals surface area contributed by atoms with Crippen molar-refractivity contribution >= 4 is 0 Å². The maximum absolute atomic E-state index is 4.98. The summed E-state index contributed by atoms with van der Waals surface area (Å²) in [4.78, 5) is 0. The third kappa shape index (κ3) is 1.19. The summed E-state index contributed by atoms with van der Waals surface area (Å²) in [5.74, 6) is 0.817. The predicted octanol–water partition coefficient (Wildman–Crippen LogP) is 0.320. The Morgan fingerprint density at radius 2 is 2.44 bits per heavy atom. The molecular weight excluding hydrogens is 114 g/mol. The molecule has 0 aromatic carbocycles. The van der Waals surface area contributed by atoms with Crippen LogP contribution in [0.1, 0.15) is 0 Å². The molecule has 1 aromatic heterocycles. The molecular formula is C7H9NO. The van der Waals surface area contributed by atoms with Crippen LogP contribution in [0, 0.1) is 6.20 Å². The van der Waals surface area contributed by atoms with Gasteiger partial charge < -0.3 is 4.74 Å². The summed E-state index contributed by atoms with van der Waals surface area (Å²) in [6, 6.07) is 5.61. The second-order valence-corrected chi connectivity index (χ2v) is 1.76. The average Bonchev–Trinajstić information content (AvgIpc) is 1.89. The highest BCUT2D eigenvalue weighted by Gasteiger charge is 1.90. The molecule has 0 bridgehead atoms. The molecule has 0 saturated heterocycles. The summed E-state index contributed by atoms with van der Waals surface area (Å²) in [5, 5.41) is 0. The van der Waals surface area contributed by atoms with Crippen molar-refractivity contribution in [2.75, 3.05) is 7.11 Å². The Balaban J connectivity index is 3.01. The molecule has 0 aliphatic carbocycles. The predicted molar refractivity (Wildman–Crippen MR) is 33.0 cm³/mol. The molecule has 0 aliphatic heterocycles. The first-order valence-corrected chi connectivity index (χ1v) is 2.75. The molecule has 0 fully saturated rings. The first-order chi connectivity index (χ1) is 4.34. The SMILES string of the molecule is COc1ccc[c-][n+]1C. The van der Waals surface area contributed by atoms with Crippen LogP contribution in [-0.2, 0) is 7.05 Å². The van der Waals surface area contributed by atoms with E-state index in [2.05, 4.69) is 6.20 Å². The van der Waals surface area contributed by atoms with Crippen LogP contribution in [0.4, 0.5) is 0 Å². The lowest BCUT2D eigenvalue weighted by molar-refractivity contribution is -0.680. The van der Waals surface area contributed by atoms with Gasteiger partial charge in [-0.3, -0.25) is 4.57 Å². The van der Waals surface area contributed by atoms with Gasteiger partial charge in [0.05, 0.1) is 7.11 Å². The normalized spacial score (nSPS) is 9.11. The van der Waals surface area contributed by atoms with Crippen LogP contribution in [0.5, 0.6) is 5.88 Å². The number of hydrogen-bond donors (Lipinski definition) is 0. The third-order valence-corrected chi connectivity index (χ3v) is 1.14. The first kappa shape index (κ1) is 6.08. The summed E-state index contributed by atoms with van der Waals surface area (Å²) in [6.45, 7) is 0. The molecule has 0 atom stereocenters. The van der Waals surface area contributed by atoms with Crippen molar-refractivity contribution in [1.82, 2.24) is 0 Å². The molecule has 0 N–H and O–H groups in total. The van der Waals surface area contributed by atoms with Crippen LogP contribution in [0.25, 0.3) is 0 Å². The molecule has 9 heavy (non-hydrogen) atoms. The van der Waals surface area contributed by atoms with Crippen LogP contribution < -0.4 is 9.30 Å². The highest BCUT2D eigenvalue weighted by atomic mass is 16.5. The fourth-order valence-electron chi connectivity index (χ4n) is 0.666. The van der Waals surface area contributed by atoms with E-state index in [4.69, 9.17) is 4.74 Å². The molecule has 2 nitrogen and oxygen atoms in total. The lowest BCUT2D eigenvalue weighted by Crippen LogP contribution is -2.29. The number of methoxy groups -OCH3 is 1. The molecule has 2 heteroatoms. The van der Waals surface area contributed by atoms with Gasteiger partial charge in [0.1, 0.15) is 13.2 Å². The number of pyridine rings is 1. The Kier molecular flexibility index (Phi) is 1.68. The summed E-state index contributed by atoms with van der Waals surface area (Å²) >= 11 is 0. The van der Waals surface area contributed by atoms with Gasteiger partial charge in [0.2, 0.25) is 0 Å². The molecule has 0 aliphatic rings. The van der Waals surface area contributed by atoms with Gasteiger partial charge in [-0.25, -0.2) is 0 Å². The molecule has 0 spiro atoms. The fourth-order valence-corrected chi connectivity index (χ4v) is 0.666. The van der Waals surface area contributed by atoms with Crippen LogP contribution in [0.2, 0.25) is 0 Å². The van der Waals surface area contributed by atoms with Gasteiger partial charge in [-0.2, -0.15) is 6.07 Å². The van der Waals surface area contributed by atoms with Crippen molar-refractivity contribution in [3.05, 3.63) is 24.4 Å². The smallest absolute Gasteiger partial charge is 0.256 e. The fraction of sp³-hybridized carbons (Fsp3) is 0.286. The molecule has 0 radical (unpaired) electrons. The highest BCUT2D eigenvalue weighted by Crippen LogP contribution is 1.96. The van der Waals surface area contributed by atoms with Gasteiger partial charge >= 0.3 is 0 Å². The second-order valence-electron chi connectivity index (χ2n) is 1.76. The van der Waals surface area contributed by atoms with E-state index in [0.717, 1.165) is 5.88 Å². The number of aromatic nitrogens is 1. The Bertz CT molecular complexity index is 198. The Morgan fingerprint density at radius 1 is 1.67 bits per heavy atom. The second kappa shape index (κ2) is 2.49. The summed E-state index contributed by atoms with van der Waals surface area (Å²) in [7, 11) is 3.53. The third-order valence-electron chi connectivity index (χ3n) is 1.14. The minimum Gasteiger partial charge on any atom is -0.505 e. The zero-order valence-electron chi connectivity index (χ0n) is 5.59. The van der Waals surface area contributed by atoms with E-state index in [0.29, 0.717) is 0 Å². The Morgan fingerprint density at radius 3 is 2.89 bits per heavy atom. The van der Waals surface area contributed by atoms with Crippen LogP contribution in [0.15, 0.2) is 18.2 Å². The van der Waals surface area contributed by atoms with E-state index in [9.17, 15) is 0 Å². The minimum atomic E-state index is 0.817. The lowest BCUT2D eigenvalue weighted by atomic mass is 10.5. The maximum atomic E-state index is 4.98. The van der Waals surface area contributed by atoms with Gasteiger partial charge in [0, 0.05) is 0 Å². The van der Waals surface area contributed by atoms with Crippen molar-refractivity contribution < 1.29 is 9.30 Å². The van der Waals surface area contributed by atoms with E-state index in [1.54, 1.807) is 11.7 Å². The summed E-state index contributed by atoms with van der Waals surface area (Å²) in [6.07, 6.45) is 2.94. The van der Waals surface area contributed by atoms with Crippen LogP contribution >= 0.6 is 0 Å². The van der Waals surface area contributed by atoms with Gasteiger partial charge in [-0.05, 0) is 0 Å². The molecule has 0 saturated carbocycles. The molecule has 0 amide bonds. The van der Waals surface area contributed by atoms with E-state index in [-0.39, 0.29) is 0 Å². The topological polar surface area (TPSA) is 13.1 Å². The van der Waals surface area contributed by atoms with E-state index >= 15 is 0 Å².